The van der Waals surface area contributed by atoms with Gasteiger partial charge in [0.25, 0.3) is 5.91 Å². The Morgan fingerprint density at radius 2 is 1.88 bits per heavy atom. The summed E-state index contributed by atoms with van der Waals surface area (Å²) in [6, 6.07) is 11.7. The van der Waals surface area contributed by atoms with Crippen LogP contribution in [0, 0.1) is 6.92 Å². The van der Waals surface area contributed by atoms with Gasteiger partial charge in [-0.3, -0.25) is 14.5 Å². The lowest BCUT2D eigenvalue weighted by Crippen LogP contribution is -2.46. The van der Waals surface area contributed by atoms with Gasteiger partial charge in [-0.25, -0.2) is 0 Å². The molecule has 1 aliphatic rings. The monoisotopic (exact) mass is 357 g/mol. The van der Waals surface area contributed by atoms with Crippen LogP contribution < -0.4 is 10.6 Å². The summed E-state index contributed by atoms with van der Waals surface area (Å²) in [5, 5.41) is 7.92. The van der Waals surface area contributed by atoms with Crippen LogP contribution in [0.4, 0.5) is 5.69 Å². The Balaban J connectivity index is 1.40. The minimum absolute atomic E-state index is 0.00456. The summed E-state index contributed by atoms with van der Waals surface area (Å²) in [5.74, 6) is 0.00971. The summed E-state index contributed by atoms with van der Waals surface area (Å²) in [5.41, 5.74) is 2.00. The summed E-state index contributed by atoms with van der Waals surface area (Å²) >= 11 is 1.45. The van der Waals surface area contributed by atoms with E-state index in [9.17, 15) is 9.59 Å². The highest BCUT2D eigenvalue weighted by atomic mass is 32.1. The van der Waals surface area contributed by atoms with Gasteiger partial charge in [-0.05, 0) is 43.3 Å². The number of nitrogens with zero attached hydrogens (tertiary/aromatic N) is 1. The second kappa shape index (κ2) is 8.27. The number of anilines is 1. The van der Waals surface area contributed by atoms with Gasteiger partial charge < -0.3 is 10.6 Å². The normalized spacial score (nSPS) is 15.7. The third-order valence-corrected chi connectivity index (χ3v) is 5.24. The van der Waals surface area contributed by atoms with E-state index in [-0.39, 0.29) is 17.9 Å². The Labute approximate surface area is 152 Å². The van der Waals surface area contributed by atoms with Crippen molar-refractivity contribution in [3.05, 3.63) is 52.2 Å². The van der Waals surface area contributed by atoms with Crippen molar-refractivity contribution in [2.45, 2.75) is 25.8 Å². The molecule has 132 valence electrons. The lowest BCUT2D eigenvalue weighted by Gasteiger charge is -2.31. The van der Waals surface area contributed by atoms with Crippen LogP contribution in [0.1, 0.15) is 28.1 Å². The Bertz CT molecular complexity index is 705. The van der Waals surface area contributed by atoms with E-state index in [4.69, 9.17) is 0 Å². The molecule has 3 rings (SSSR count). The Morgan fingerprint density at radius 3 is 2.52 bits per heavy atom. The molecule has 0 spiro atoms. The topological polar surface area (TPSA) is 61.4 Å². The number of piperidine rings is 1. The second-order valence-corrected chi connectivity index (χ2v) is 7.36. The van der Waals surface area contributed by atoms with E-state index < -0.39 is 0 Å². The van der Waals surface area contributed by atoms with Crippen molar-refractivity contribution < 1.29 is 9.59 Å². The summed E-state index contributed by atoms with van der Waals surface area (Å²) in [6.07, 6.45) is 1.74. The molecule has 5 nitrogen and oxygen atoms in total. The number of likely N-dealkylation sites (tertiary alicyclic amines) is 1. The van der Waals surface area contributed by atoms with E-state index >= 15 is 0 Å². The zero-order valence-electron chi connectivity index (χ0n) is 14.3. The van der Waals surface area contributed by atoms with Gasteiger partial charge in [0.2, 0.25) is 5.91 Å². The van der Waals surface area contributed by atoms with E-state index in [1.807, 2.05) is 48.7 Å². The van der Waals surface area contributed by atoms with Gasteiger partial charge in [0, 0.05) is 24.8 Å². The zero-order valence-corrected chi connectivity index (χ0v) is 15.1. The number of rotatable bonds is 5. The molecule has 6 heteroatoms. The molecule has 2 amide bonds. The third-order valence-electron chi connectivity index (χ3n) is 4.37. The first-order valence-electron chi connectivity index (χ1n) is 8.53. The van der Waals surface area contributed by atoms with Crippen LogP contribution in [-0.4, -0.2) is 42.4 Å². The molecule has 1 saturated heterocycles. The molecule has 1 aliphatic heterocycles. The lowest BCUT2D eigenvalue weighted by atomic mass is 10.0. The Hall–Kier alpha value is -2.18. The number of nitrogens with one attached hydrogen (secondary N) is 2. The van der Waals surface area contributed by atoms with Crippen molar-refractivity contribution in [1.82, 2.24) is 10.2 Å². The van der Waals surface area contributed by atoms with Crippen molar-refractivity contribution in [3.63, 3.8) is 0 Å². The Morgan fingerprint density at radius 1 is 1.16 bits per heavy atom. The molecule has 0 atom stereocenters. The van der Waals surface area contributed by atoms with Crippen molar-refractivity contribution in [1.29, 1.82) is 0 Å². The third kappa shape index (κ3) is 5.14. The highest BCUT2D eigenvalue weighted by Crippen LogP contribution is 2.14. The van der Waals surface area contributed by atoms with Gasteiger partial charge >= 0.3 is 0 Å². The maximum absolute atomic E-state index is 12.2. The van der Waals surface area contributed by atoms with Crippen molar-refractivity contribution in [3.8, 4) is 0 Å². The fourth-order valence-corrected chi connectivity index (χ4v) is 3.57. The van der Waals surface area contributed by atoms with E-state index in [1.165, 1.54) is 16.9 Å². The standard InChI is InChI=1S/C19H23N3O2S/c1-14-4-6-15(7-5-14)20-18(23)13-22-10-8-16(9-11-22)21-19(24)17-3-2-12-25-17/h2-7,12,16H,8-11,13H2,1H3,(H,20,23)(H,21,24). The van der Waals surface area contributed by atoms with Gasteiger partial charge in [0.15, 0.2) is 0 Å². The van der Waals surface area contributed by atoms with E-state index in [0.717, 1.165) is 36.5 Å². The van der Waals surface area contributed by atoms with E-state index in [1.54, 1.807) is 0 Å². The smallest absolute Gasteiger partial charge is 0.261 e. The zero-order chi connectivity index (χ0) is 17.6. The van der Waals surface area contributed by atoms with Crippen molar-refractivity contribution in [2.24, 2.45) is 0 Å². The average molecular weight is 357 g/mol. The fraction of sp³-hybridized carbons (Fsp3) is 0.368. The highest BCUT2D eigenvalue weighted by Gasteiger charge is 2.22. The number of aryl methyl sites for hydroxylation is 1. The number of carbonyl (C=O) groups excluding carboxylic acids is 2. The number of carbonyl (C=O) groups is 2. The molecular formula is C19H23N3O2S. The minimum atomic E-state index is 0.00456. The summed E-state index contributed by atoms with van der Waals surface area (Å²) in [6.45, 7) is 4.04. The van der Waals surface area contributed by atoms with Crippen LogP contribution in [0.25, 0.3) is 0 Å². The number of benzene rings is 1. The van der Waals surface area contributed by atoms with Gasteiger partial charge in [0.1, 0.15) is 0 Å². The molecule has 1 fully saturated rings. The van der Waals surface area contributed by atoms with Crippen LogP contribution in [-0.2, 0) is 4.79 Å². The summed E-state index contributed by atoms with van der Waals surface area (Å²) < 4.78 is 0. The molecule has 2 N–H and O–H groups in total. The molecule has 1 aromatic carbocycles. The molecule has 0 bridgehead atoms. The van der Waals surface area contributed by atoms with Gasteiger partial charge in [-0.15, -0.1) is 11.3 Å². The molecular weight excluding hydrogens is 334 g/mol. The average Bonchev–Trinajstić information content (AvgIpc) is 3.13. The van der Waals surface area contributed by atoms with E-state index in [0.29, 0.717) is 6.54 Å². The van der Waals surface area contributed by atoms with Crippen LogP contribution in [0.5, 0.6) is 0 Å². The first kappa shape index (κ1) is 17.6. The second-order valence-electron chi connectivity index (χ2n) is 6.42. The number of hydrogen-bond acceptors (Lipinski definition) is 4. The van der Waals surface area contributed by atoms with Crippen LogP contribution in [0.15, 0.2) is 41.8 Å². The molecule has 1 aromatic heterocycles. The van der Waals surface area contributed by atoms with Crippen LogP contribution >= 0.6 is 11.3 Å². The first-order chi connectivity index (χ1) is 12.1. The quantitative estimate of drug-likeness (QED) is 0.865. The van der Waals surface area contributed by atoms with Crippen LogP contribution in [0.3, 0.4) is 0 Å². The van der Waals surface area contributed by atoms with Gasteiger partial charge in [0.05, 0.1) is 11.4 Å². The molecule has 0 aliphatic carbocycles. The minimum Gasteiger partial charge on any atom is -0.349 e. The summed E-state index contributed by atoms with van der Waals surface area (Å²) in [4.78, 5) is 27.1. The molecule has 0 unspecified atom stereocenters. The SMILES string of the molecule is Cc1ccc(NC(=O)CN2CCC(NC(=O)c3cccs3)CC2)cc1. The maximum atomic E-state index is 12.2. The molecule has 25 heavy (non-hydrogen) atoms. The predicted octanol–water partition coefficient (Wildman–Crippen LogP) is 2.89. The van der Waals surface area contributed by atoms with Crippen molar-refractivity contribution in [2.75, 3.05) is 25.0 Å². The fourth-order valence-electron chi connectivity index (χ4n) is 2.94. The molecule has 0 radical (unpaired) electrons. The maximum Gasteiger partial charge on any atom is 0.261 e. The largest absolute Gasteiger partial charge is 0.349 e. The number of hydrogen-bond donors (Lipinski definition) is 2. The first-order valence-corrected chi connectivity index (χ1v) is 9.41. The van der Waals surface area contributed by atoms with Gasteiger partial charge in [-0.1, -0.05) is 23.8 Å². The summed E-state index contributed by atoms with van der Waals surface area (Å²) in [7, 11) is 0. The highest BCUT2D eigenvalue weighted by molar-refractivity contribution is 7.12. The van der Waals surface area contributed by atoms with Crippen LogP contribution in [0.2, 0.25) is 0 Å². The number of thiophene rings is 1. The lowest BCUT2D eigenvalue weighted by molar-refractivity contribution is -0.117. The van der Waals surface area contributed by atoms with E-state index in [2.05, 4.69) is 15.5 Å². The van der Waals surface area contributed by atoms with Crippen molar-refractivity contribution >= 4 is 28.8 Å². The number of amides is 2. The molecule has 2 aromatic rings. The molecule has 0 saturated carbocycles. The Kier molecular flexibility index (Phi) is 5.83. The van der Waals surface area contributed by atoms with Gasteiger partial charge in [-0.2, -0.15) is 0 Å². The molecule has 2 heterocycles. The predicted molar refractivity (Wildman–Crippen MR) is 101 cm³/mol.